The van der Waals surface area contributed by atoms with Gasteiger partial charge in [-0.1, -0.05) is 6.92 Å². The zero-order chi connectivity index (χ0) is 14.4. The van der Waals surface area contributed by atoms with Crippen LogP contribution in [0.4, 0.5) is 0 Å². The van der Waals surface area contributed by atoms with Crippen LogP contribution in [0.25, 0.3) is 0 Å². The molecule has 0 bridgehead atoms. The number of aromatic amines is 1. The fourth-order valence-electron chi connectivity index (χ4n) is 2.34. The van der Waals surface area contributed by atoms with Crippen LogP contribution in [0.1, 0.15) is 25.5 Å². The van der Waals surface area contributed by atoms with Crippen LogP contribution in [0.2, 0.25) is 0 Å². The normalized spacial score (nSPS) is 18.4. The number of imidazole rings is 1. The first-order chi connectivity index (χ1) is 9.62. The summed E-state index contributed by atoms with van der Waals surface area (Å²) in [6.07, 6.45) is 4.98. The van der Waals surface area contributed by atoms with Crippen molar-refractivity contribution in [3.8, 4) is 0 Å². The number of aromatic nitrogens is 2. The van der Waals surface area contributed by atoms with Gasteiger partial charge in [-0.2, -0.15) is 17.4 Å². The van der Waals surface area contributed by atoms with E-state index in [1.54, 1.807) is 6.20 Å². The van der Waals surface area contributed by atoms with Gasteiger partial charge < -0.3 is 10.3 Å². The molecule has 0 atom stereocenters. The smallest absolute Gasteiger partial charge is 0.279 e. The highest BCUT2D eigenvalue weighted by atomic mass is 32.2. The quantitative estimate of drug-likeness (QED) is 0.664. The van der Waals surface area contributed by atoms with Gasteiger partial charge in [-0.15, -0.1) is 0 Å². The molecule has 1 aliphatic rings. The van der Waals surface area contributed by atoms with E-state index in [-0.39, 0.29) is 6.54 Å². The summed E-state index contributed by atoms with van der Waals surface area (Å²) in [5, 5.41) is 3.32. The van der Waals surface area contributed by atoms with E-state index in [9.17, 15) is 8.42 Å². The maximum atomic E-state index is 12.2. The molecule has 1 aromatic heterocycles. The van der Waals surface area contributed by atoms with E-state index < -0.39 is 10.2 Å². The number of nitrogens with one attached hydrogen (secondary N) is 3. The average molecular weight is 301 g/mol. The van der Waals surface area contributed by atoms with Gasteiger partial charge in [0.2, 0.25) is 0 Å². The number of piperidine rings is 1. The van der Waals surface area contributed by atoms with Crippen LogP contribution >= 0.6 is 0 Å². The standard InChI is InChI=1S/C12H23N5O2S/c1-2-13-7-11-3-5-17(6-4-11)20(18,19)16-9-12-8-14-10-15-12/h8,10-11,13,16H,2-7,9H2,1H3,(H,14,15). The highest BCUT2D eigenvalue weighted by Gasteiger charge is 2.27. The van der Waals surface area contributed by atoms with E-state index >= 15 is 0 Å². The lowest BCUT2D eigenvalue weighted by atomic mass is 9.98. The summed E-state index contributed by atoms with van der Waals surface area (Å²) in [6, 6.07) is 0. The Kier molecular flexibility index (Phi) is 5.53. The maximum Gasteiger partial charge on any atom is 0.279 e. The van der Waals surface area contributed by atoms with Gasteiger partial charge in [0.15, 0.2) is 0 Å². The molecule has 0 spiro atoms. The van der Waals surface area contributed by atoms with E-state index in [1.165, 1.54) is 10.6 Å². The number of rotatable bonds is 7. The molecule has 0 aliphatic carbocycles. The summed E-state index contributed by atoms with van der Waals surface area (Å²) in [4.78, 5) is 6.74. The van der Waals surface area contributed by atoms with E-state index in [0.29, 0.717) is 19.0 Å². The molecule has 0 unspecified atom stereocenters. The van der Waals surface area contributed by atoms with Gasteiger partial charge >= 0.3 is 0 Å². The molecular formula is C12H23N5O2S. The van der Waals surface area contributed by atoms with Crippen LogP contribution < -0.4 is 10.0 Å². The molecule has 1 saturated heterocycles. The van der Waals surface area contributed by atoms with Crippen LogP contribution in [-0.2, 0) is 16.8 Å². The van der Waals surface area contributed by atoms with Crippen molar-refractivity contribution in [2.45, 2.75) is 26.3 Å². The van der Waals surface area contributed by atoms with Gasteiger partial charge in [0.1, 0.15) is 0 Å². The van der Waals surface area contributed by atoms with Crippen molar-refractivity contribution in [3.05, 3.63) is 18.2 Å². The van der Waals surface area contributed by atoms with Crippen molar-refractivity contribution in [2.24, 2.45) is 5.92 Å². The van der Waals surface area contributed by atoms with E-state index in [1.807, 2.05) is 0 Å². The van der Waals surface area contributed by atoms with Gasteiger partial charge in [0, 0.05) is 25.0 Å². The fraction of sp³-hybridized carbons (Fsp3) is 0.750. The van der Waals surface area contributed by atoms with Crippen molar-refractivity contribution in [1.29, 1.82) is 0 Å². The van der Waals surface area contributed by atoms with Gasteiger partial charge in [-0.25, -0.2) is 4.98 Å². The Morgan fingerprint density at radius 3 is 2.80 bits per heavy atom. The highest BCUT2D eigenvalue weighted by molar-refractivity contribution is 7.87. The predicted molar refractivity (Wildman–Crippen MR) is 77.2 cm³/mol. The van der Waals surface area contributed by atoms with Crippen LogP contribution in [0, 0.1) is 5.92 Å². The third-order valence-corrected chi connectivity index (χ3v) is 5.15. The average Bonchev–Trinajstić information content (AvgIpc) is 2.97. The van der Waals surface area contributed by atoms with Crippen molar-refractivity contribution in [2.75, 3.05) is 26.2 Å². The maximum absolute atomic E-state index is 12.2. The van der Waals surface area contributed by atoms with Gasteiger partial charge in [-0.3, -0.25) is 0 Å². The Hall–Kier alpha value is -0.960. The minimum Gasteiger partial charge on any atom is -0.347 e. The van der Waals surface area contributed by atoms with Gasteiger partial charge in [0.05, 0.1) is 12.9 Å². The molecule has 114 valence electrons. The van der Waals surface area contributed by atoms with Crippen LogP contribution in [0.3, 0.4) is 0 Å². The zero-order valence-corrected chi connectivity index (χ0v) is 12.6. The molecule has 1 fully saturated rings. The highest BCUT2D eigenvalue weighted by Crippen LogP contribution is 2.18. The predicted octanol–water partition coefficient (Wildman–Crippen LogP) is 0.0656. The fourth-order valence-corrected chi connectivity index (χ4v) is 3.56. The van der Waals surface area contributed by atoms with E-state index in [4.69, 9.17) is 0 Å². The molecule has 1 aromatic rings. The molecule has 2 heterocycles. The molecule has 2 rings (SSSR count). The summed E-state index contributed by atoms with van der Waals surface area (Å²) in [7, 11) is -3.39. The molecule has 0 amide bonds. The van der Waals surface area contributed by atoms with E-state index in [2.05, 4.69) is 26.9 Å². The third-order valence-electron chi connectivity index (χ3n) is 3.60. The topological polar surface area (TPSA) is 90.1 Å². The summed E-state index contributed by atoms with van der Waals surface area (Å²) in [6.45, 7) is 5.46. The molecule has 8 heteroatoms. The lowest BCUT2D eigenvalue weighted by Crippen LogP contribution is -2.45. The number of H-pyrrole nitrogens is 1. The number of hydrogen-bond acceptors (Lipinski definition) is 4. The van der Waals surface area contributed by atoms with Crippen molar-refractivity contribution < 1.29 is 8.42 Å². The number of hydrogen-bond donors (Lipinski definition) is 3. The van der Waals surface area contributed by atoms with Crippen molar-refractivity contribution >= 4 is 10.2 Å². The van der Waals surface area contributed by atoms with Crippen molar-refractivity contribution in [1.82, 2.24) is 24.3 Å². The second kappa shape index (κ2) is 7.16. The van der Waals surface area contributed by atoms with Crippen molar-refractivity contribution in [3.63, 3.8) is 0 Å². The molecule has 3 N–H and O–H groups in total. The summed E-state index contributed by atoms with van der Waals surface area (Å²) < 4.78 is 28.5. The van der Waals surface area contributed by atoms with Crippen LogP contribution in [-0.4, -0.2) is 48.9 Å². The molecule has 1 aliphatic heterocycles. The third kappa shape index (κ3) is 4.27. The first-order valence-corrected chi connectivity index (χ1v) is 8.48. The molecular weight excluding hydrogens is 278 g/mol. The molecule has 0 saturated carbocycles. The second-order valence-corrected chi connectivity index (χ2v) is 6.81. The Morgan fingerprint density at radius 2 is 2.20 bits per heavy atom. The Morgan fingerprint density at radius 1 is 1.45 bits per heavy atom. The molecule has 20 heavy (non-hydrogen) atoms. The Bertz CT molecular complexity index is 480. The second-order valence-electron chi connectivity index (χ2n) is 5.05. The van der Waals surface area contributed by atoms with Crippen LogP contribution in [0.5, 0.6) is 0 Å². The van der Waals surface area contributed by atoms with Gasteiger partial charge in [-0.05, 0) is 31.8 Å². The zero-order valence-electron chi connectivity index (χ0n) is 11.8. The summed E-state index contributed by atoms with van der Waals surface area (Å²) in [5.74, 6) is 0.578. The lowest BCUT2D eigenvalue weighted by Gasteiger charge is -2.31. The van der Waals surface area contributed by atoms with Gasteiger partial charge in [0.25, 0.3) is 10.2 Å². The monoisotopic (exact) mass is 301 g/mol. The summed E-state index contributed by atoms with van der Waals surface area (Å²) >= 11 is 0. The SMILES string of the molecule is CCNCC1CCN(S(=O)(=O)NCc2cnc[nH]2)CC1. The lowest BCUT2D eigenvalue weighted by molar-refractivity contribution is 0.266. The minimum absolute atomic E-state index is 0.250. The molecule has 0 radical (unpaired) electrons. The molecule has 0 aromatic carbocycles. The molecule has 7 nitrogen and oxygen atoms in total. The van der Waals surface area contributed by atoms with Crippen LogP contribution in [0.15, 0.2) is 12.5 Å². The minimum atomic E-state index is -3.39. The largest absolute Gasteiger partial charge is 0.347 e. The first-order valence-electron chi connectivity index (χ1n) is 7.04. The van der Waals surface area contributed by atoms with E-state index in [0.717, 1.165) is 31.6 Å². The summed E-state index contributed by atoms with van der Waals surface area (Å²) in [5.41, 5.74) is 0.760. The Labute approximate surface area is 120 Å². The first kappa shape index (κ1) is 15.4. The number of nitrogens with zero attached hydrogens (tertiary/aromatic N) is 2. The Balaban J connectivity index is 1.79.